The normalized spacial score (nSPS) is 15.8. The molecule has 0 fully saturated rings. The van der Waals surface area contributed by atoms with E-state index in [4.69, 9.17) is 0 Å². The van der Waals surface area contributed by atoms with Gasteiger partial charge in [-0.05, 0) is 5.39 Å². The van der Waals surface area contributed by atoms with Crippen molar-refractivity contribution < 1.29 is 17.5 Å². The Morgan fingerprint density at radius 2 is 1.94 bits per heavy atom. The number of nitro benzene ring substituents is 1. The van der Waals surface area contributed by atoms with Gasteiger partial charge in [-0.15, -0.1) is 0 Å². The van der Waals surface area contributed by atoms with Crippen LogP contribution in [0.25, 0.3) is 10.8 Å². The molecule has 17 heavy (non-hydrogen) atoms. The molecule has 0 atom stereocenters. The minimum atomic E-state index is -3.83. The fraction of sp³-hybridized carbons (Fsp3) is 0. The Labute approximate surface area is 95.7 Å². The van der Waals surface area contributed by atoms with Crippen molar-refractivity contribution in [3.63, 3.8) is 0 Å². The summed E-state index contributed by atoms with van der Waals surface area (Å²) in [5.74, 6) is -0.172. The Bertz CT molecular complexity index is 766. The van der Waals surface area contributed by atoms with Gasteiger partial charge in [-0.25, -0.2) is 0 Å². The Morgan fingerprint density at radius 3 is 2.59 bits per heavy atom. The van der Waals surface area contributed by atoms with Crippen molar-refractivity contribution in [2.75, 3.05) is 0 Å². The summed E-state index contributed by atoms with van der Waals surface area (Å²) in [6.07, 6.45) is 0. The largest absolute Gasteiger partial charge is 0.370 e. The van der Waals surface area contributed by atoms with Crippen LogP contribution in [-0.2, 0) is 10.1 Å². The molecule has 2 aromatic carbocycles. The standard InChI is InChI=1S/C10H5NO5S/c12-11(13)8-5-6-3-1-2-4-7(6)10-9(8)16-17(10,14)15/h1-5H. The van der Waals surface area contributed by atoms with Crippen molar-refractivity contribution in [1.29, 1.82) is 0 Å². The first-order valence-electron chi connectivity index (χ1n) is 4.65. The smallest absolute Gasteiger partial charge is 0.344 e. The van der Waals surface area contributed by atoms with Crippen LogP contribution in [0.4, 0.5) is 5.69 Å². The maximum Gasteiger partial charge on any atom is 0.344 e. The number of fused-ring (bicyclic) bond motifs is 3. The average molecular weight is 251 g/mol. The second-order valence-corrected chi connectivity index (χ2v) is 5.05. The number of nitrogens with zero attached hydrogens (tertiary/aromatic N) is 1. The lowest BCUT2D eigenvalue weighted by Crippen LogP contribution is -2.22. The highest BCUT2D eigenvalue weighted by Gasteiger charge is 2.42. The molecule has 2 aromatic rings. The van der Waals surface area contributed by atoms with Crippen molar-refractivity contribution in [1.82, 2.24) is 0 Å². The van der Waals surface area contributed by atoms with Crippen LogP contribution in [0.15, 0.2) is 35.2 Å². The molecule has 3 rings (SSSR count). The predicted molar refractivity (Wildman–Crippen MR) is 58.4 cm³/mol. The molecular formula is C10H5NO5S. The summed E-state index contributed by atoms with van der Waals surface area (Å²) < 4.78 is 27.4. The minimum Gasteiger partial charge on any atom is -0.370 e. The summed E-state index contributed by atoms with van der Waals surface area (Å²) in [6.45, 7) is 0. The first kappa shape index (κ1) is 10.0. The van der Waals surface area contributed by atoms with Gasteiger partial charge < -0.3 is 4.18 Å². The van der Waals surface area contributed by atoms with Crippen LogP contribution in [0.2, 0.25) is 0 Å². The van der Waals surface area contributed by atoms with Gasteiger partial charge in [0.2, 0.25) is 5.75 Å². The lowest BCUT2D eigenvalue weighted by molar-refractivity contribution is -0.385. The zero-order chi connectivity index (χ0) is 12.2. The van der Waals surface area contributed by atoms with E-state index in [0.29, 0.717) is 10.8 Å². The van der Waals surface area contributed by atoms with E-state index in [9.17, 15) is 18.5 Å². The van der Waals surface area contributed by atoms with Crippen LogP contribution in [-0.4, -0.2) is 13.3 Å². The van der Waals surface area contributed by atoms with Gasteiger partial charge in [-0.2, -0.15) is 8.42 Å². The van der Waals surface area contributed by atoms with E-state index in [2.05, 4.69) is 4.18 Å². The molecule has 0 saturated heterocycles. The van der Waals surface area contributed by atoms with Gasteiger partial charge in [0.1, 0.15) is 0 Å². The van der Waals surface area contributed by atoms with Gasteiger partial charge in [-0.1, -0.05) is 24.3 Å². The molecule has 0 unspecified atom stereocenters. The molecule has 7 heteroatoms. The summed E-state index contributed by atoms with van der Waals surface area (Å²) >= 11 is 0. The molecular weight excluding hydrogens is 246 g/mol. The van der Waals surface area contributed by atoms with E-state index >= 15 is 0 Å². The first-order chi connectivity index (χ1) is 8.00. The monoisotopic (exact) mass is 251 g/mol. The summed E-state index contributed by atoms with van der Waals surface area (Å²) in [4.78, 5) is 10.0. The Balaban J connectivity index is 2.52. The predicted octanol–water partition coefficient (Wildman–Crippen LogP) is 1.83. The van der Waals surface area contributed by atoms with E-state index in [1.807, 2.05) is 0 Å². The number of hydrogen-bond acceptors (Lipinski definition) is 5. The molecule has 0 spiro atoms. The summed E-state index contributed by atoms with van der Waals surface area (Å²) in [7, 11) is -3.83. The molecule has 0 saturated carbocycles. The number of rotatable bonds is 1. The third-order valence-corrected chi connectivity index (χ3v) is 3.87. The van der Waals surface area contributed by atoms with Gasteiger partial charge in [0.15, 0.2) is 4.90 Å². The van der Waals surface area contributed by atoms with Crippen molar-refractivity contribution in [3.8, 4) is 5.75 Å². The van der Waals surface area contributed by atoms with E-state index < -0.39 is 15.0 Å². The third-order valence-electron chi connectivity index (χ3n) is 2.58. The topological polar surface area (TPSA) is 86.5 Å². The van der Waals surface area contributed by atoms with E-state index in [-0.39, 0.29) is 16.3 Å². The lowest BCUT2D eigenvalue weighted by Gasteiger charge is -2.20. The van der Waals surface area contributed by atoms with E-state index in [1.165, 1.54) is 6.07 Å². The second-order valence-electron chi connectivity index (χ2n) is 3.57. The molecule has 86 valence electrons. The van der Waals surface area contributed by atoms with Gasteiger partial charge in [0, 0.05) is 11.5 Å². The molecule has 0 aromatic heterocycles. The SMILES string of the molecule is O=[N+]([O-])c1cc2ccccc2c2c1OS2(=O)=O. The van der Waals surface area contributed by atoms with Gasteiger partial charge in [0.05, 0.1) is 4.92 Å². The van der Waals surface area contributed by atoms with Gasteiger partial charge >= 0.3 is 15.8 Å². The van der Waals surface area contributed by atoms with Crippen LogP contribution < -0.4 is 4.18 Å². The summed E-state index contributed by atoms with van der Waals surface area (Å²) in [6, 6.07) is 7.88. The molecule has 1 aliphatic heterocycles. The Hall–Kier alpha value is -2.15. The highest BCUT2D eigenvalue weighted by molar-refractivity contribution is 7.88. The molecule has 0 N–H and O–H groups in total. The maximum atomic E-state index is 11.5. The fourth-order valence-electron chi connectivity index (χ4n) is 1.86. The van der Waals surface area contributed by atoms with Crippen LogP contribution in [0, 0.1) is 10.1 Å². The minimum absolute atomic E-state index is 0.0951. The first-order valence-corrected chi connectivity index (χ1v) is 6.06. The highest BCUT2D eigenvalue weighted by atomic mass is 32.2. The number of hydrogen-bond donors (Lipinski definition) is 0. The maximum absolute atomic E-state index is 11.5. The number of nitro groups is 1. The van der Waals surface area contributed by atoms with E-state index in [0.717, 1.165) is 0 Å². The summed E-state index contributed by atoms with van der Waals surface area (Å²) in [5.41, 5.74) is -0.325. The highest BCUT2D eigenvalue weighted by Crippen LogP contribution is 2.48. The molecule has 6 nitrogen and oxygen atoms in total. The summed E-state index contributed by atoms with van der Waals surface area (Å²) in [5, 5.41) is 11.7. The van der Waals surface area contributed by atoms with Crippen molar-refractivity contribution in [3.05, 3.63) is 40.4 Å². The fourth-order valence-corrected chi connectivity index (χ4v) is 3.05. The third kappa shape index (κ3) is 1.22. The zero-order valence-corrected chi connectivity index (χ0v) is 9.10. The van der Waals surface area contributed by atoms with Gasteiger partial charge in [-0.3, -0.25) is 10.1 Å². The zero-order valence-electron chi connectivity index (χ0n) is 8.28. The van der Waals surface area contributed by atoms with E-state index in [1.54, 1.807) is 24.3 Å². The molecule has 1 heterocycles. The van der Waals surface area contributed by atoms with Crippen molar-refractivity contribution in [2.45, 2.75) is 4.90 Å². The molecule has 1 aliphatic rings. The average Bonchev–Trinajstić information content (AvgIpc) is 2.25. The Morgan fingerprint density at radius 1 is 1.24 bits per heavy atom. The van der Waals surface area contributed by atoms with Crippen molar-refractivity contribution in [2.24, 2.45) is 0 Å². The quantitative estimate of drug-likeness (QED) is 0.438. The second kappa shape index (κ2) is 2.95. The lowest BCUT2D eigenvalue weighted by atomic mass is 10.1. The molecule has 0 radical (unpaired) electrons. The molecule has 0 bridgehead atoms. The van der Waals surface area contributed by atoms with Crippen LogP contribution in [0.3, 0.4) is 0 Å². The number of benzene rings is 2. The molecule has 0 aliphatic carbocycles. The van der Waals surface area contributed by atoms with Gasteiger partial charge in [0.25, 0.3) is 0 Å². The van der Waals surface area contributed by atoms with Crippen LogP contribution in [0.5, 0.6) is 5.75 Å². The molecule has 0 amide bonds. The van der Waals surface area contributed by atoms with Crippen LogP contribution >= 0.6 is 0 Å². The Kier molecular flexibility index (Phi) is 1.74. The van der Waals surface area contributed by atoms with Crippen LogP contribution in [0.1, 0.15) is 0 Å². The van der Waals surface area contributed by atoms with Crippen molar-refractivity contribution >= 4 is 26.6 Å².